The second-order valence-corrected chi connectivity index (χ2v) is 5.51. The summed E-state index contributed by atoms with van der Waals surface area (Å²) in [5.41, 5.74) is 0. The molecular formula is C12H25Br. The molecule has 0 fully saturated rings. The van der Waals surface area contributed by atoms with Gasteiger partial charge in [-0.1, -0.05) is 68.8 Å². The van der Waals surface area contributed by atoms with Gasteiger partial charge in [-0.05, 0) is 18.8 Å². The Labute approximate surface area is 92.6 Å². The van der Waals surface area contributed by atoms with E-state index in [4.69, 9.17) is 0 Å². The molecule has 2 atom stereocenters. The summed E-state index contributed by atoms with van der Waals surface area (Å²) in [6, 6.07) is 0. The van der Waals surface area contributed by atoms with Crippen molar-refractivity contribution < 1.29 is 0 Å². The van der Waals surface area contributed by atoms with Crippen molar-refractivity contribution in [1.29, 1.82) is 0 Å². The molecule has 0 N–H and O–H groups in total. The first-order valence-electron chi connectivity index (χ1n) is 5.84. The number of alkyl halides is 1. The van der Waals surface area contributed by atoms with E-state index in [2.05, 4.69) is 36.7 Å². The Morgan fingerprint density at radius 3 is 2.08 bits per heavy atom. The zero-order valence-corrected chi connectivity index (χ0v) is 11.1. The Bertz CT molecular complexity index is 89.3. The molecule has 1 heteroatoms. The Hall–Kier alpha value is 0.480. The summed E-state index contributed by atoms with van der Waals surface area (Å²) in [5, 5.41) is 0. The second kappa shape index (κ2) is 9.05. The number of hydrogen-bond acceptors (Lipinski definition) is 0. The lowest BCUT2D eigenvalue weighted by molar-refractivity contribution is 0.456. The van der Waals surface area contributed by atoms with Gasteiger partial charge in [0, 0.05) is 4.83 Å². The van der Waals surface area contributed by atoms with Crippen LogP contribution in [0, 0.1) is 5.92 Å². The zero-order valence-electron chi connectivity index (χ0n) is 9.48. The Kier molecular flexibility index (Phi) is 9.39. The van der Waals surface area contributed by atoms with Crippen LogP contribution < -0.4 is 0 Å². The van der Waals surface area contributed by atoms with Gasteiger partial charge in [0.05, 0.1) is 0 Å². The predicted octanol–water partition coefficient (Wildman–Crippen LogP) is 5.16. The van der Waals surface area contributed by atoms with Crippen LogP contribution >= 0.6 is 15.9 Å². The van der Waals surface area contributed by atoms with E-state index in [1.807, 2.05) is 0 Å². The van der Waals surface area contributed by atoms with Crippen LogP contribution in [0.4, 0.5) is 0 Å². The van der Waals surface area contributed by atoms with Gasteiger partial charge in [0.1, 0.15) is 0 Å². The van der Waals surface area contributed by atoms with Gasteiger partial charge in [-0.25, -0.2) is 0 Å². The number of hydrogen-bond donors (Lipinski definition) is 0. The van der Waals surface area contributed by atoms with Crippen molar-refractivity contribution in [3.8, 4) is 0 Å². The Morgan fingerprint density at radius 1 is 0.923 bits per heavy atom. The van der Waals surface area contributed by atoms with Gasteiger partial charge in [-0.15, -0.1) is 0 Å². The predicted molar refractivity (Wildman–Crippen MR) is 65.5 cm³/mol. The minimum atomic E-state index is 0.770. The third-order valence-corrected chi connectivity index (χ3v) is 3.51. The van der Waals surface area contributed by atoms with Crippen molar-refractivity contribution in [1.82, 2.24) is 0 Å². The van der Waals surface area contributed by atoms with E-state index in [1.165, 1.54) is 44.9 Å². The highest BCUT2D eigenvalue weighted by atomic mass is 79.9. The summed E-state index contributed by atoms with van der Waals surface area (Å²) in [6.07, 6.45) is 9.57. The molecule has 0 aliphatic rings. The first-order valence-corrected chi connectivity index (χ1v) is 6.76. The molecule has 0 aliphatic carbocycles. The van der Waals surface area contributed by atoms with Crippen LogP contribution in [0.25, 0.3) is 0 Å². The van der Waals surface area contributed by atoms with E-state index >= 15 is 0 Å². The maximum atomic E-state index is 3.73. The van der Waals surface area contributed by atoms with Gasteiger partial charge in [0.15, 0.2) is 0 Å². The Morgan fingerprint density at radius 2 is 1.54 bits per heavy atom. The number of halogens is 1. The molecule has 0 aromatic heterocycles. The highest BCUT2D eigenvalue weighted by molar-refractivity contribution is 9.09. The van der Waals surface area contributed by atoms with Gasteiger partial charge >= 0.3 is 0 Å². The van der Waals surface area contributed by atoms with Crippen LogP contribution in [0.2, 0.25) is 0 Å². The fourth-order valence-electron chi connectivity index (χ4n) is 1.78. The van der Waals surface area contributed by atoms with E-state index in [0.717, 1.165) is 10.7 Å². The van der Waals surface area contributed by atoms with E-state index in [-0.39, 0.29) is 0 Å². The summed E-state index contributed by atoms with van der Waals surface area (Å²) in [7, 11) is 0. The lowest BCUT2D eigenvalue weighted by Gasteiger charge is -2.11. The van der Waals surface area contributed by atoms with Crippen LogP contribution in [0.3, 0.4) is 0 Å². The van der Waals surface area contributed by atoms with Gasteiger partial charge in [-0.2, -0.15) is 0 Å². The molecule has 13 heavy (non-hydrogen) atoms. The van der Waals surface area contributed by atoms with Crippen LogP contribution in [-0.2, 0) is 0 Å². The monoisotopic (exact) mass is 248 g/mol. The van der Waals surface area contributed by atoms with E-state index in [9.17, 15) is 0 Å². The van der Waals surface area contributed by atoms with Crippen LogP contribution in [-0.4, -0.2) is 4.83 Å². The molecule has 0 heterocycles. The van der Waals surface area contributed by atoms with Crippen molar-refractivity contribution in [3.05, 3.63) is 0 Å². The Balaban J connectivity index is 3.23. The van der Waals surface area contributed by atoms with Crippen molar-refractivity contribution in [2.45, 2.75) is 70.5 Å². The molecule has 80 valence electrons. The van der Waals surface area contributed by atoms with Gasteiger partial charge < -0.3 is 0 Å². The smallest absolute Gasteiger partial charge is 0.0145 e. The maximum absolute atomic E-state index is 3.73. The van der Waals surface area contributed by atoms with Gasteiger partial charge in [0.2, 0.25) is 0 Å². The van der Waals surface area contributed by atoms with Crippen LogP contribution in [0.1, 0.15) is 65.7 Å². The fourth-order valence-corrected chi connectivity index (χ4v) is 2.56. The van der Waals surface area contributed by atoms with Crippen LogP contribution in [0.5, 0.6) is 0 Å². The normalized spacial score (nSPS) is 15.7. The first-order chi connectivity index (χ1) is 6.20. The standard InChI is InChI=1S/C12H25Br/c1-4-7-11(3)9-6-10-12(13)8-5-2/h11-12H,4-10H2,1-3H3. The van der Waals surface area contributed by atoms with Crippen molar-refractivity contribution >= 4 is 15.9 Å². The largest absolute Gasteiger partial charge is 0.0891 e. The van der Waals surface area contributed by atoms with Crippen molar-refractivity contribution in [2.24, 2.45) is 5.92 Å². The summed E-state index contributed by atoms with van der Waals surface area (Å²) in [4.78, 5) is 0.770. The fraction of sp³-hybridized carbons (Fsp3) is 1.00. The molecule has 0 amide bonds. The molecule has 0 aromatic rings. The van der Waals surface area contributed by atoms with Gasteiger partial charge in [0.25, 0.3) is 0 Å². The second-order valence-electron chi connectivity index (χ2n) is 4.21. The minimum absolute atomic E-state index is 0.770. The third-order valence-electron chi connectivity index (χ3n) is 2.60. The molecule has 0 rings (SSSR count). The average Bonchev–Trinajstić information content (AvgIpc) is 2.05. The van der Waals surface area contributed by atoms with Gasteiger partial charge in [-0.3, -0.25) is 0 Å². The lowest BCUT2D eigenvalue weighted by atomic mass is 9.98. The maximum Gasteiger partial charge on any atom is 0.0145 e. The zero-order chi connectivity index (χ0) is 10.1. The highest BCUT2D eigenvalue weighted by Crippen LogP contribution is 2.19. The summed E-state index contributed by atoms with van der Waals surface area (Å²) >= 11 is 3.73. The number of rotatable bonds is 8. The topological polar surface area (TPSA) is 0 Å². The highest BCUT2D eigenvalue weighted by Gasteiger charge is 2.04. The molecule has 0 radical (unpaired) electrons. The summed E-state index contributed by atoms with van der Waals surface area (Å²) in [6.45, 7) is 6.92. The molecule has 0 bridgehead atoms. The first kappa shape index (κ1) is 13.5. The van der Waals surface area contributed by atoms with Crippen molar-refractivity contribution in [2.75, 3.05) is 0 Å². The lowest BCUT2D eigenvalue weighted by Crippen LogP contribution is -1.99. The summed E-state index contributed by atoms with van der Waals surface area (Å²) in [5.74, 6) is 0.936. The van der Waals surface area contributed by atoms with E-state index in [1.54, 1.807) is 0 Å². The van der Waals surface area contributed by atoms with Crippen LogP contribution in [0.15, 0.2) is 0 Å². The summed E-state index contributed by atoms with van der Waals surface area (Å²) < 4.78 is 0. The molecule has 0 saturated carbocycles. The molecular weight excluding hydrogens is 224 g/mol. The quantitative estimate of drug-likeness (QED) is 0.521. The molecule has 2 unspecified atom stereocenters. The van der Waals surface area contributed by atoms with E-state index < -0.39 is 0 Å². The molecule has 0 spiro atoms. The molecule has 0 nitrogen and oxygen atoms in total. The third kappa shape index (κ3) is 8.80. The molecule has 0 saturated heterocycles. The minimum Gasteiger partial charge on any atom is -0.0891 e. The van der Waals surface area contributed by atoms with Crippen molar-refractivity contribution in [3.63, 3.8) is 0 Å². The molecule has 0 aromatic carbocycles. The average molecular weight is 249 g/mol. The molecule has 0 aliphatic heterocycles. The van der Waals surface area contributed by atoms with E-state index in [0.29, 0.717) is 0 Å². The SMILES string of the molecule is CCCC(C)CCCC(Br)CCC.